The lowest BCUT2D eigenvalue weighted by atomic mass is 10.3. The molecule has 0 amide bonds. The van der Waals surface area contributed by atoms with Crippen LogP contribution in [-0.2, 0) is 6.42 Å². The third-order valence-electron chi connectivity index (χ3n) is 2.74. The van der Waals surface area contributed by atoms with Gasteiger partial charge in [0, 0.05) is 11.8 Å². The van der Waals surface area contributed by atoms with Gasteiger partial charge < -0.3 is 4.74 Å². The standard InChI is InChI=1S/C13H9BrFN3O2S/c1-2-7-5-11(19)18-12(16-7)21-13(17-18)20-8-3-4-10(15)9(14)6-8/h3-6H,2H2,1H3. The summed E-state index contributed by atoms with van der Waals surface area (Å²) in [5.41, 5.74) is 0.461. The van der Waals surface area contributed by atoms with Gasteiger partial charge in [-0.3, -0.25) is 4.79 Å². The van der Waals surface area contributed by atoms with Crippen molar-refractivity contribution in [3.8, 4) is 10.9 Å². The van der Waals surface area contributed by atoms with E-state index in [1.807, 2.05) is 6.92 Å². The number of benzene rings is 1. The first-order valence-electron chi connectivity index (χ1n) is 6.09. The molecule has 5 nitrogen and oxygen atoms in total. The Morgan fingerprint density at radius 1 is 1.43 bits per heavy atom. The van der Waals surface area contributed by atoms with Crippen molar-refractivity contribution in [3.05, 3.63) is 50.6 Å². The van der Waals surface area contributed by atoms with Crippen LogP contribution < -0.4 is 10.3 Å². The summed E-state index contributed by atoms with van der Waals surface area (Å²) in [6.45, 7) is 1.92. The van der Waals surface area contributed by atoms with Gasteiger partial charge in [0.1, 0.15) is 11.6 Å². The summed E-state index contributed by atoms with van der Waals surface area (Å²) < 4.78 is 20.2. The van der Waals surface area contributed by atoms with Crippen molar-refractivity contribution >= 4 is 32.2 Å². The Balaban J connectivity index is 1.99. The Labute approximate surface area is 131 Å². The van der Waals surface area contributed by atoms with Crippen LogP contribution in [0.5, 0.6) is 10.9 Å². The van der Waals surface area contributed by atoms with Crippen LogP contribution in [0.25, 0.3) is 4.96 Å². The summed E-state index contributed by atoms with van der Waals surface area (Å²) in [6.07, 6.45) is 0.671. The minimum Gasteiger partial charge on any atom is -0.430 e. The molecule has 0 aliphatic rings. The first-order chi connectivity index (χ1) is 10.1. The molecular weight excluding hydrogens is 361 g/mol. The summed E-state index contributed by atoms with van der Waals surface area (Å²) >= 11 is 4.24. The molecule has 3 aromatic rings. The lowest BCUT2D eigenvalue weighted by Gasteiger charge is -2.01. The minimum absolute atomic E-state index is 0.247. The number of fused-ring (bicyclic) bond motifs is 1. The van der Waals surface area contributed by atoms with Crippen molar-refractivity contribution in [3.63, 3.8) is 0 Å². The summed E-state index contributed by atoms with van der Waals surface area (Å²) in [5.74, 6) is 0.0446. The number of aromatic nitrogens is 3. The van der Waals surface area contributed by atoms with E-state index >= 15 is 0 Å². The summed E-state index contributed by atoms with van der Waals surface area (Å²) in [5, 5.41) is 4.33. The smallest absolute Gasteiger partial charge is 0.299 e. The maximum Gasteiger partial charge on any atom is 0.299 e. The van der Waals surface area contributed by atoms with Crippen molar-refractivity contribution in [1.82, 2.24) is 14.6 Å². The lowest BCUT2D eigenvalue weighted by Crippen LogP contribution is -2.14. The molecule has 1 aromatic carbocycles. The second-order valence-corrected chi connectivity index (χ2v) is 5.95. The Hall–Kier alpha value is -1.80. The summed E-state index contributed by atoms with van der Waals surface area (Å²) in [7, 11) is 0. The molecule has 3 rings (SSSR count). The van der Waals surface area contributed by atoms with E-state index in [0.717, 1.165) is 11.3 Å². The fourth-order valence-electron chi connectivity index (χ4n) is 1.70. The molecule has 0 aliphatic heterocycles. The van der Waals surface area contributed by atoms with Gasteiger partial charge >= 0.3 is 0 Å². The summed E-state index contributed by atoms with van der Waals surface area (Å²) in [4.78, 5) is 16.7. The third kappa shape index (κ3) is 2.81. The van der Waals surface area contributed by atoms with E-state index in [0.29, 0.717) is 27.3 Å². The predicted octanol–water partition coefficient (Wildman–Crippen LogP) is 3.41. The predicted molar refractivity (Wildman–Crippen MR) is 80.7 cm³/mol. The first-order valence-corrected chi connectivity index (χ1v) is 7.70. The van der Waals surface area contributed by atoms with Gasteiger partial charge in [-0.25, -0.2) is 9.37 Å². The number of rotatable bonds is 3. The van der Waals surface area contributed by atoms with Crippen molar-refractivity contribution in [2.45, 2.75) is 13.3 Å². The molecule has 0 spiro atoms. The molecule has 2 aromatic heterocycles. The topological polar surface area (TPSA) is 56.5 Å². The third-order valence-corrected chi connectivity index (χ3v) is 4.13. The van der Waals surface area contributed by atoms with Gasteiger partial charge in [-0.2, -0.15) is 4.52 Å². The van der Waals surface area contributed by atoms with Gasteiger partial charge in [-0.15, -0.1) is 5.10 Å². The zero-order valence-electron chi connectivity index (χ0n) is 10.8. The molecule has 108 valence electrons. The van der Waals surface area contributed by atoms with Crippen LogP contribution in [0.1, 0.15) is 12.6 Å². The van der Waals surface area contributed by atoms with Crippen LogP contribution in [0.4, 0.5) is 4.39 Å². The number of ether oxygens (including phenoxy) is 1. The Morgan fingerprint density at radius 3 is 2.95 bits per heavy atom. The number of halogens is 2. The first kappa shape index (κ1) is 14.2. The maximum absolute atomic E-state index is 13.2. The molecule has 0 unspecified atom stereocenters. The van der Waals surface area contributed by atoms with Crippen LogP contribution in [0, 0.1) is 5.82 Å². The molecule has 21 heavy (non-hydrogen) atoms. The van der Waals surface area contributed by atoms with E-state index in [1.165, 1.54) is 28.8 Å². The molecule has 0 radical (unpaired) electrons. The zero-order valence-corrected chi connectivity index (χ0v) is 13.2. The second kappa shape index (κ2) is 5.53. The Morgan fingerprint density at radius 2 is 2.24 bits per heavy atom. The number of hydrogen-bond acceptors (Lipinski definition) is 5. The molecule has 0 atom stereocenters. The summed E-state index contributed by atoms with van der Waals surface area (Å²) in [6, 6.07) is 5.71. The van der Waals surface area contributed by atoms with Gasteiger partial charge in [0.25, 0.3) is 10.8 Å². The van der Waals surface area contributed by atoms with Crippen molar-refractivity contribution in [1.29, 1.82) is 0 Å². The van der Waals surface area contributed by atoms with E-state index in [9.17, 15) is 9.18 Å². The fraction of sp³-hybridized carbons (Fsp3) is 0.154. The molecule has 0 N–H and O–H groups in total. The number of nitrogens with zero attached hydrogens (tertiary/aromatic N) is 3. The molecule has 8 heteroatoms. The fourth-order valence-corrected chi connectivity index (χ4v) is 2.86. The van der Waals surface area contributed by atoms with E-state index in [-0.39, 0.29) is 16.6 Å². The quantitative estimate of drug-likeness (QED) is 0.709. The van der Waals surface area contributed by atoms with Crippen LogP contribution >= 0.6 is 27.3 Å². The van der Waals surface area contributed by atoms with Gasteiger partial charge in [-0.05, 0) is 51.9 Å². The molecule has 0 saturated carbocycles. The number of aryl methyl sites for hydroxylation is 1. The normalized spacial score (nSPS) is 11.0. The maximum atomic E-state index is 13.2. The molecule has 0 fully saturated rings. The van der Waals surface area contributed by atoms with Crippen LogP contribution in [-0.4, -0.2) is 14.6 Å². The average molecular weight is 370 g/mol. The Kier molecular flexibility index (Phi) is 3.73. The SMILES string of the molecule is CCc1cc(=O)n2nc(Oc3ccc(F)c(Br)c3)sc2n1. The van der Waals surface area contributed by atoms with Crippen molar-refractivity contribution in [2.24, 2.45) is 0 Å². The molecule has 0 saturated heterocycles. The van der Waals surface area contributed by atoms with Crippen molar-refractivity contribution < 1.29 is 9.13 Å². The van der Waals surface area contributed by atoms with Crippen LogP contribution in [0.2, 0.25) is 0 Å². The van der Waals surface area contributed by atoms with Crippen LogP contribution in [0.15, 0.2) is 33.5 Å². The van der Waals surface area contributed by atoms with Gasteiger partial charge in [0.05, 0.1) is 4.47 Å². The van der Waals surface area contributed by atoms with E-state index < -0.39 is 0 Å². The van der Waals surface area contributed by atoms with Gasteiger partial charge in [-0.1, -0.05) is 6.92 Å². The minimum atomic E-state index is -0.378. The molecule has 0 bridgehead atoms. The highest BCUT2D eigenvalue weighted by molar-refractivity contribution is 9.10. The van der Waals surface area contributed by atoms with Crippen molar-refractivity contribution in [2.75, 3.05) is 0 Å². The van der Waals surface area contributed by atoms with E-state index in [2.05, 4.69) is 26.0 Å². The largest absolute Gasteiger partial charge is 0.430 e. The highest BCUT2D eigenvalue weighted by Gasteiger charge is 2.11. The second-order valence-electron chi connectivity index (χ2n) is 4.18. The molecule has 2 heterocycles. The zero-order chi connectivity index (χ0) is 15.0. The lowest BCUT2D eigenvalue weighted by molar-refractivity contribution is 0.467. The molecular formula is C13H9BrFN3O2S. The monoisotopic (exact) mass is 369 g/mol. The van der Waals surface area contributed by atoms with Crippen LogP contribution in [0.3, 0.4) is 0 Å². The van der Waals surface area contributed by atoms with E-state index in [1.54, 1.807) is 0 Å². The van der Waals surface area contributed by atoms with E-state index in [4.69, 9.17) is 4.74 Å². The highest BCUT2D eigenvalue weighted by atomic mass is 79.9. The number of hydrogen-bond donors (Lipinski definition) is 0. The average Bonchev–Trinajstić information content (AvgIpc) is 2.86. The van der Waals surface area contributed by atoms with Gasteiger partial charge in [0.2, 0.25) is 4.96 Å². The molecule has 0 aliphatic carbocycles. The Bertz CT molecular complexity index is 877. The van der Waals surface area contributed by atoms with Gasteiger partial charge in [0.15, 0.2) is 0 Å². The highest BCUT2D eigenvalue weighted by Crippen LogP contribution is 2.28.